The highest BCUT2D eigenvalue weighted by Gasteiger charge is 2.23. The number of carbonyl (C=O) groups excluding carboxylic acids is 1. The fraction of sp³-hybridized carbons (Fsp3) is 0.462. The Kier molecular flexibility index (Phi) is 3.91. The van der Waals surface area contributed by atoms with Crippen molar-refractivity contribution in [1.82, 2.24) is 4.90 Å². The smallest absolute Gasteiger partial charge is 0.241 e. The Bertz CT molecular complexity index is 445. The van der Waals surface area contributed by atoms with Gasteiger partial charge in [0.2, 0.25) is 5.91 Å². The summed E-state index contributed by atoms with van der Waals surface area (Å²) in [7, 11) is 0. The Labute approximate surface area is 105 Å². The van der Waals surface area contributed by atoms with Gasteiger partial charge in [0.25, 0.3) is 0 Å². The lowest BCUT2D eigenvalue weighted by atomic mass is 10.2. The number of likely N-dealkylation sites (tertiary alicyclic amines) is 1. The van der Waals surface area contributed by atoms with E-state index in [0.29, 0.717) is 0 Å². The molecule has 5 heteroatoms. The number of benzene rings is 1. The van der Waals surface area contributed by atoms with Crippen molar-refractivity contribution in [2.24, 2.45) is 0 Å². The summed E-state index contributed by atoms with van der Waals surface area (Å²) < 4.78 is 25.7. The SMILES string of the molecule is C[C@@H](C(=O)Nc1ccc(F)c(F)c1)N1CCCC1. The number of nitrogens with one attached hydrogen (secondary N) is 1. The second-order valence-electron chi connectivity index (χ2n) is 4.54. The fourth-order valence-corrected chi connectivity index (χ4v) is 2.12. The molecule has 3 nitrogen and oxygen atoms in total. The van der Waals surface area contributed by atoms with Crippen molar-refractivity contribution in [3.63, 3.8) is 0 Å². The van der Waals surface area contributed by atoms with Crippen LogP contribution in [-0.2, 0) is 4.79 Å². The number of nitrogens with zero attached hydrogens (tertiary/aromatic N) is 1. The molecule has 1 heterocycles. The van der Waals surface area contributed by atoms with Crippen LogP contribution in [0, 0.1) is 11.6 Å². The third kappa shape index (κ3) is 2.85. The standard InChI is InChI=1S/C13H16F2N2O/c1-9(17-6-2-3-7-17)13(18)16-10-4-5-11(14)12(15)8-10/h4-5,8-9H,2-3,6-7H2,1H3,(H,16,18)/t9-/m0/s1. The van der Waals surface area contributed by atoms with Crippen LogP contribution in [0.3, 0.4) is 0 Å². The van der Waals surface area contributed by atoms with Crippen molar-refractivity contribution in [3.8, 4) is 0 Å². The van der Waals surface area contributed by atoms with Gasteiger partial charge in [-0.05, 0) is 45.0 Å². The molecule has 98 valence electrons. The molecule has 0 radical (unpaired) electrons. The molecule has 0 aromatic heterocycles. The summed E-state index contributed by atoms with van der Waals surface area (Å²) in [5, 5.41) is 2.60. The minimum absolute atomic E-state index is 0.192. The molecule has 0 saturated carbocycles. The Morgan fingerprint density at radius 1 is 1.28 bits per heavy atom. The van der Waals surface area contributed by atoms with E-state index in [1.807, 2.05) is 6.92 Å². The van der Waals surface area contributed by atoms with Crippen molar-refractivity contribution >= 4 is 11.6 Å². The highest BCUT2D eigenvalue weighted by Crippen LogP contribution is 2.16. The number of carbonyl (C=O) groups is 1. The molecule has 1 fully saturated rings. The van der Waals surface area contributed by atoms with Crippen LogP contribution in [-0.4, -0.2) is 29.9 Å². The van der Waals surface area contributed by atoms with Crippen LogP contribution in [0.4, 0.5) is 14.5 Å². The van der Waals surface area contributed by atoms with Gasteiger partial charge in [-0.15, -0.1) is 0 Å². The summed E-state index contributed by atoms with van der Waals surface area (Å²) >= 11 is 0. The molecular formula is C13H16F2N2O. The molecule has 1 amide bonds. The average molecular weight is 254 g/mol. The van der Waals surface area contributed by atoms with Crippen molar-refractivity contribution in [2.75, 3.05) is 18.4 Å². The average Bonchev–Trinajstić information content (AvgIpc) is 2.86. The maximum Gasteiger partial charge on any atom is 0.241 e. The zero-order chi connectivity index (χ0) is 13.1. The van der Waals surface area contributed by atoms with E-state index in [2.05, 4.69) is 10.2 Å². The zero-order valence-corrected chi connectivity index (χ0v) is 10.2. The number of rotatable bonds is 3. The van der Waals surface area contributed by atoms with Gasteiger partial charge in [0.1, 0.15) is 0 Å². The predicted molar refractivity (Wildman–Crippen MR) is 65.3 cm³/mol. The molecule has 1 aliphatic heterocycles. The normalized spacial score (nSPS) is 17.7. The first-order chi connectivity index (χ1) is 8.58. The summed E-state index contributed by atoms with van der Waals surface area (Å²) in [6.45, 7) is 3.64. The van der Waals surface area contributed by atoms with Gasteiger partial charge < -0.3 is 5.32 Å². The number of anilines is 1. The number of hydrogen-bond donors (Lipinski definition) is 1. The van der Waals surface area contributed by atoms with E-state index in [9.17, 15) is 13.6 Å². The van der Waals surface area contributed by atoms with Gasteiger partial charge in [-0.3, -0.25) is 9.69 Å². The molecule has 1 aliphatic rings. The molecule has 1 atom stereocenters. The lowest BCUT2D eigenvalue weighted by molar-refractivity contribution is -0.120. The van der Waals surface area contributed by atoms with Gasteiger partial charge in [-0.1, -0.05) is 0 Å². The predicted octanol–water partition coefficient (Wildman–Crippen LogP) is 2.39. The molecule has 0 spiro atoms. The molecule has 0 unspecified atom stereocenters. The topological polar surface area (TPSA) is 32.3 Å². The molecule has 1 aromatic carbocycles. The molecule has 1 saturated heterocycles. The molecular weight excluding hydrogens is 238 g/mol. The number of amides is 1. The number of halogens is 2. The second-order valence-corrected chi connectivity index (χ2v) is 4.54. The summed E-state index contributed by atoms with van der Waals surface area (Å²) in [5.74, 6) is -2.06. The number of hydrogen-bond acceptors (Lipinski definition) is 2. The van der Waals surface area contributed by atoms with Crippen LogP contribution < -0.4 is 5.32 Å². The molecule has 1 N–H and O–H groups in total. The summed E-state index contributed by atoms with van der Waals surface area (Å²) in [4.78, 5) is 14.0. The van der Waals surface area contributed by atoms with Crippen molar-refractivity contribution in [1.29, 1.82) is 0 Å². The second kappa shape index (κ2) is 5.44. The van der Waals surface area contributed by atoms with E-state index >= 15 is 0 Å². The van der Waals surface area contributed by atoms with Gasteiger partial charge >= 0.3 is 0 Å². The lowest BCUT2D eigenvalue weighted by Crippen LogP contribution is -2.40. The molecule has 0 bridgehead atoms. The largest absolute Gasteiger partial charge is 0.325 e. The fourth-order valence-electron chi connectivity index (χ4n) is 2.12. The van der Waals surface area contributed by atoms with E-state index in [4.69, 9.17) is 0 Å². The Morgan fingerprint density at radius 3 is 2.56 bits per heavy atom. The Morgan fingerprint density at radius 2 is 1.94 bits per heavy atom. The van der Waals surface area contributed by atoms with E-state index in [0.717, 1.165) is 38.1 Å². The zero-order valence-electron chi connectivity index (χ0n) is 10.2. The maximum absolute atomic E-state index is 13.0. The minimum Gasteiger partial charge on any atom is -0.325 e. The Balaban J connectivity index is 1.99. The van der Waals surface area contributed by atoms with E-state index in [1.165, 1.54) is 6.07 Å². The van der Waals surface area contributed by atoms with Gasteiger partial charge in [-0.25, -0.2) is 8.78 Å². The molecule has 1 aromatic rings. The van der Waals surface area contributed by atoms with Gasteiger partial charge in [0, 0.05) is 11.8 Å². The van der Waals surface area contributed by atoms with Crippen LogP contribution in [0.15, 0.2) is 18.2 Å². The highest BCUT2D eigenvalue weighted by molar-refractivity contribution is 5.94. The van der Waals surface area contributed by atoms with E-state index in [1.54, 1.807) is 0 Å². The maximum atomic E-state index is 13.0. The quantitative estimate of drug-likeness (QED) is 0.898. The minimum atomic E-state index is -0.957. The first kappa shape index (κ1) is 13.0. The third-order valence-electron chi connectivity index (χ3n) is 3.25. The van der Waals surface area contributed by atoms with E-state index < -0.39 is 11.6 Å². The van der Waals surface area contributed by atoms with Crippen LogP contribution in [0.1, 0.15) is 19.8 Å². The summed E-state index contributed by atoms with van der Waals surface area (Å²) in [5.41, 5.74) is 0.282. The summed E-state index contributed by atoms with van der Waals surface area (Å²) in [6, 6.07) is 3.10. The van der Waals surface area contributed by atoms with Crippen molar-refractivity contribution in [2.45, 2.75) is 25.8 Å². The van der Waals surface area contributed by atoms with Crippen LogP contribution >= 0.6 is 0 Å². The Hall–Kier alpha value is -1.49. The van der Waals surface area contributed by atoms with Gasteiger partial charge in [0.15, 0.2) is 11.6 Å². The van der Waals surface area contributed by atoms with Crippen molar-refractivity contribution < 1.29 is 13.6 Å². The van der Waals surface area contributed by atoms with Crippen LogP contribution in [0.25, 0.3) is 0 Å². The summed E-state index contributed by atoms with van der Waals surface area (Å²) in [6.07, 6.45) is 2.20. The van der Waals surface area contributed by atoms with Crippen LogP contribution in [0.5, 0.6) is 0 Å². The van der Waals surface area contributed by atoms with Gasteiger partial charge in [0.05, 0.1) is 6.04 Å². The lowest BCUT2D eigenvalue weighted by Gasteiger charge is -2.22. The molecule has 2 rings (SSSR count). The highest BCUT2D eigenvalue weighted by atomic mass is 19.2. The first-order valence-electron chi connectivity index (χ1n) is 6.08. The van der Waals surface area contributed by atoms with Crippen molar-refractivity contribution in [3.05, 3.63) is 29.8 Å². The van der Waals surface area contributed by atoms with Gasteiger partial charge in [-0.2, -0.15) is 0 Å². The monoisotopic (exact) mass is 254 g/mol. The van der Waals surface area contributed by atoms with Crippen LogP contribution in [0.2, 0.25) is 0 Å². The molecule has 0 aliphatic carbocycles. The van der Waals surface area contributed by atoms with E-state index in [-0.39, 0.29) is 17.6 Å². The first-order valence-corrected chi connectivity index (χ1v) is 6.08. The molecule has 18 heavy (non-hydrogen) atoms. The third-order valence-corrected chi connectivity index (χ3v) is 3.25.